The van der Waals surface area contributed by atoms with Gasteiger partial charge in [0, 0.05) is 12.2 Å². The van der Waals surface area contributed by atoms with E-state index in [0.717, 1.165) is 16.9 Å². The van der Waals surface area contributed by atoms with Crippen molar-refractivity contribution in [2.45, 2.75) is 13.5 Å². The number of nitrogens with zero attached hydrogens (tertiary/aromatic N) is 1. The Labute approximate surface area is 94.2 Å². The number of rotatable bonds is 3. The average molecular weight is 216 g/mol. The minimum atomic E-state index is -0.208. The Morgan fingerprint density at radius 2 is 1.88 bits per heavy atom. The summed E-state index contributed by atoms with van der Waals surface area (Å²) in [6, 6.07) is 10.4. The lowest BCUT2D eigenvalue weighted by Gasteiger charge is -2.06. The summed E-state index contributed by atoms with van der Waals surface area (Å²) in [6.45, 7) is 2.62. The monoisotopic (exact) mass is 216 g/mol. The van der Waals surface area contributed by atoms with E-state index in [-0.39, 0.29) is 5.82 Å². The third kappa shape index (κ3) is 2.79. The Morgan fingerprint density at radius 3 is 2.50 bits per heavy atom. The van der Waals surface area contributed by atoms with Gasteiger partial charge < -0.3 is 5.32 Å². The van der Waals surface area contributed by atoms with Gasteiger partial charge in [0.05, 0.1) is 11.9 Å². The highest BCUT2D eigenvalue weighted by Gasteiger charge is 1.95. The molecule has 0 aliphatic carbocycles. The number of hydrogen-bond acceptors (Lipinski definition) is 2. The fourth-order valence-corrected chi connectivity index (χ4v) is 1.38. The van der Waals surface area contributed by atoms with Gasteiger partial charge in [0.15, 0.2) is 0 Å². The van der Waals surface area contributed by atoms with Gasteiger partial charge in [-0.1, -0.05) is 12.1 Å². The topological polar surface area (TPSA) is 24.9 Å². The first-order valence-corrected chi connectivity index (χ1v) is 5.15. The molecule has 1 N–H and O–H groups in total. The van der Waals surface area contributed by atoms with E-state index in [1.165, 1.54) is 12.1 Å². The first-order chi connectivity index (χ1) is 7.74. The number of aromatic nitrogens is 1. The molecular formula is C13H13FN2. The minimum absolute atomic E-state index is 0.208. The second-order valence-electron chi connectivity index (χ2n) is 3.67. The molecule has 0 radical (unpaired) electrons. The molecule has 0 spiro atoms. The number of anilines is 1. The first kappa shape index (κ1) is 10.6. The third-order valence-electron chi connectivity index (χ3n) is 2.32. The lowest BCUT2D eigenvalue weighted by Crippen LogP contribution is -1.99. The summed E-state index contributed by atoms with van der Waals surface area (Å²) < 4.78 is 12.7. The molecule has 0 fully saturated rings. The molecule has 0 saturated carbocycles. The van der Waals surface area contributed by atoms with E-state index in [9.17, 15) is 4.39 Å². The lowest BCUT2D eigenvalue weighted by atomic mass is 10.2. The van der Waals surface area contributed by atoms with Gasteiger partial charge in [0.1, 0.15) is 5.82 Å². The normalized spacial score (nSPS) is 10.1. The van der Waals surface area contributed by atoms with Gasteiger partial charge in [-0.2, -0.15) is 0 Å². The van der Waals surface area contributed by atoms with Crippen molar-refractivity contribution in [1.29, 1.82) is 0 Å². The van der Waals surface area contributed by atoms with E-state index < -0.39 is 0 Å². The van der Waals surface area contributed by atoms with Gasteiger partial charge in [-0.25, -0.2) is 4.39 Å². The van der Waals surface area contributed by atoms with Crippen molar-refractivity contribution >= 4 is 5.69 Å². The summed E-state index contributed by atoms with van der Waals surface area (Å²) in [4.78, 5) is 4.18. The number of pyridine rings is 1. The van der Waals surface area contributed by atoms with Crippen LogP contribution in [0.1, 0.15) is 11.3 Å². The van der Waals surface area contributed by atoms with Crippen molar-refractivity contribution < 1.29 is 4.39 Å². The standard InChI is InChI=1S/C13H13FN2/c1-10-2-7-13(9-15-10)16-8-11-3-5-12(14)6-4-11/h2-7,9,16H,8H2,1H3. The van der Waals surface area contributed by atoms with Crippen molar-refractivity contribution in [2.75, 3.05) is 5.32 Å². The van der Waals surface area contributed by atoms with Crippen LogP contribution in [0, 0.1) is 12.7 Å². The van der Waals surface area contributed by atoms with Crippen LogP contribution in [-0.2, 0) is 6.54 Å². The number of hydrogen-bond donors (Lipinski definition) is 1. The molecule has 1 aromatic heterocycles. The first-order valence-electron chi connectivity index (χ1n) is 5.15. The summed E-state index contributed by atoms with van der Waals surface area (Å²) in [5, 5.41) is 3.22. The van der Waals surface area contributed by atoms with Crippen LogP contribution in [0.4, 0.5) is 10.1 Å². The van der Waals surface area contributed by atoms with Gasteiger partial charge in [0.2, 0.25) is 0 Å². The predicted octanol–water partition coefficient (Wildman–Crippen LogP) is 3.14. The molecular weight excluding hydrogens is 203 g/mol. The predicted molar refractivity (Wildman–Crippen MR) is 62.7 cm³/mol. The van der Waals surface area contributed by atoms with Gasteiger partial charge >= 0.3 is 0 Å². The molecule has 2 nitrogen and oxygen atoms in total. The lowest BCUT2D eigenvalue weighted by molar-refractivity contribution is 0.627. The summed E-state index contributed by atoms with van der Waals surface area (Å²) in [6.07, 6.45) is 1.79. The molecule has 0 amide bonds. The molecule has 0 bridgehead atoms. The highest BCUT2D eigenvalue weighted by atomic mass is 19.1. The molecule has 82 valence electrons. The van der Waals surface area contributed by atoms with E-state index in [1.54, 1.807) is 18.3 Å². The van der Waals surface area contributed by atoms with Crippen molar-refractivity contribution in [1.82, 2.24) is 4.98 Å². The van der Waals surface area contributed by atoms with Crippen LogP contribution in [0.25, 0.3) is 0 Å². The highest BCUT2D eigenvalue weighted by molar-refractivity contribution is 5.41. The molecule has 3 heteroatoms. The second-order valence-corrected chi connectivity index (χ2v) is 3.67. The van der Waals surface area contributed by atoms with E-state index in [1.807, 2.05) is 19.1 Å². The molecule has 1 heterocycles. The molecule has 2 aromatic rings. The van der Waals surface area contributed by atoms with E-state index in [2.05, 4.69) is 10.3 Å². The second kappa shape index (κ2) is 4.75. The minimum Gasteiger partial charge on any atom is -0.380 e. The van der Waals surface area contributed by atoms with Crippen molar-refractivity contribution in [3.8, 4) is 0 Å². The van der Waals surface area contributed by atoms with Gasteiger partial charge in [-0.3, -0.25) is 4.98 Å². The Morgan fingerprint density at radius 1 is 1.12 bits per heavy atom. The zero-order chi connectivity index (χ0) is 11.4. The van der Waals surface area contributed by atoms with Crippen LogP contribution in [-0.4, -0.2) is 4.98 Å². The van der Waals surface area contributed by atoms with Gasteiger partial charge in [-0.15, -0.1) is 0 Å². The van der Waals surface area contributed by atoms with E-state index in [4.69, 9.17) is 0 Å². The molecule has 0 atom stereocenters. The molecule has 1 aromatic carbocycles. The fraction of sp³-hybridized carbons (Fsp3) is 0.154. The molecule has 2 rings (SSSR count). The summed E-state index contributed by atoms with van der Waals surface area (Å²) in [5.41, 5.74) is 3.00. The third-order valence-corrected chi connectivity index (χ3v) is 2.32. The summed E-state index contributed by atoms with van der Waals surface area (Å²) in [5.74, 6) is -0.208. The van der Waals surface area contributed by atoms with E-state index >= 15 is 0 Å². The maximum Gasteiger partial charge on any atom is 0.123 e. The molecule has 16 heavy (non-hydrogen) atoms. The maximum absolute atomic E-state index is 12.7. The van der Waals surface area contributed by atoms with Crippen LogP contribution < -0.4 is 5.32 Å². The Hall–Kier alpha value is -1.90. The van der Waals surface area contributed by atoms with Crippen LogP contribution in [0.2, 0.25) is 0 Å². The van der Waals surface area contributed by atoms with Crippen molar-refractivity contribution in [3.05, 3.63) is 59.7 Å². The van der Waals surface area contributed by atoms with Gasteiger partial charge in [0.25, 0.3) is 0 Å². The van der Waals surface area contributed by atoms with Crippen LogP contribution in [0.5, 0.6) is 0 Å². The van der Waals surface area contributed by atoms with Gasteiger partial charge in [-0.05, 0) is 36.8 Å². The highest BCUT2D eigenvalue weighted by Crippen LogP contribution is 2.09. The SMILES string of the molecule is Cc1ccc(NCc2ccc(F)cc2)cn1. The largest absolute Gasteiger partial charge is 0.380 e. The van der Waals surface area contributed by atoms with Crippen LogP contribution in [0.15, 0.2) is 42.6 Å². The summed E-state index contributed by atoms with van der Waals surface area (Å²) in [7, 11) is 0. The Bertz CT molecular complexity index is 403. The quantitative estimate of drug-likeness (QED) is 0.852. The zero-order valence-corrected chi connectivity index (χ0v) is 9.07. The smallest absolute Gasteiger partial charge is 0.123 e. The average Bonchev–Trinajstić information content (AvgIpc) is 2.30. The molecule has 0 saturated heterocycles. The fourth-order valence-electron chi connectivity index (χ4n) is 1.38. The Kier molecular flexibility index (Phi) is 3.15. The van der Waals surface area contributed by atoms with Crippen LogP contribution in [0.3, 0.4) is 0 Å². The maximum atomic E-state index is 12.7. The molecule has 0 aliphatic heterocycles. The summed E-state index contributed by atoms with van der Waals surface area (Å²) >= 11 is 0. The number of aryl methyl sites for hydroxylation is 1. The molecule has 0 unspecified atom stereocenters. The van der Waals surface area contributed by atoms with Crippen molar-refractivity contribution in [3.63, 3.8) is 0 Å². The Balaban J connectivity index is 1.97. The van der Waals surface area contributed by atoms with Crippen LogP contribution >= 0.6 is 0 Å². The van der Waals surface area contributed by atoms with Crippen molar-refractivity contribution in [2.24, 2.45) is 0 Å². The molecule has 0 aliphatic rings. The number of nitrogens with one attached hydrogen (secondary N) is 1. The number of benzene rings is 1. The zero-order valence-electron chi connectivity index (χ0n) is 9.07. The number of halogens is 1. The van der Waals surface area contributed by atoms with E-state index in [0.29, 0.717) is 6.54 Å².